The van der Waals surface area contributed by atoms with E-state index in [1.54, 1.807) is 59.9 Å². The van der Waals surface area contributed by atoms with Gasteiger partial charge in [-0.15, -0.1) is 10.2 Å². The summed E-state index contributed by atoms with van der Waals surface area (Å²) in [5, 5.41) is 16.4. The number of rotatable bonds is 10. The molecule has 0 saturated heterocycles. The van der Waals surface area contributed by atoms with Crippen LogP contribution in [-0.4, -0.2) is 56.0 Å². The highest BCUT2D eigenvalue weighted by atomic mass is 16.5. The second-order valence-corrected chi connectivity index (χ2v) is 6.53. The summed E-state index contributed by atoms with van der Waals surface area (Å²) < 4.78 is 21.1. The van der Waals surface area contributed by atoms with Crippen molar-refractivity contribution in [3.05, 3.63) is 53.2 Å². The number of aryl methyl sites for hydroxylation is 1. The summed E-state index contributed by atoms with van der Waals surface area (Å²) in [6.07, 6.45) is 3.20. The summed E-state index contributed by atoms with van der Waals surface area (Å²) in [5.41, 5.74) is 7.70. The number of hydrogen-bond acceptors (Lipinski definition) is 11. The van der Waals surface area contributed by atoms with E-state index in [-0.39, 0.29) is 5.95 Å². The molecule has 0 aliphatic heterocycles. The van der Waals surface area contributed by atoms with Crippen LogP contribution < -0.4 is 29.8 Å². The fourth-order valence-corrected chi connectivity index (χ4v) is 2.70. The lowest BCUT2D eigenvalue weighted by molar-refractivity contribution is 0.393. The van der Waals surface area contributed by atoms with Crippen LogP contribution in [0.25, 0.3) is 0 Å². The number of hydrazone groups is 2. The Kier molecular flexibility index (Phi) is 7.95. The molecule has 0 atom stereocenters. The Balaban J connectivity index is 1.69. The lowest BCUT2D eigenvalue weighted by Gasteiger charge is -2.08. The number of nitrogens with zero attached hydrogens (tertiary/aromatic N) is 5. The van der Waals surface area contributed by atoms with Gasteiger partial charge in [-0.05, 0) is 31.2 Å². The normalized spacial score (nSPS) is 10.9. The number of nitrogens with one attached hydrogen (secondary N) is 2. The number of anilines is 2. The SMILES string of the molecule is COc1ccc(/C=N/Nc2nnc(C)c(N/N=C/c3ccc(OC)cc3OC)n2)c(OC)c1. The number of hydrogen-bond donors (Lipinski definition) is 2. The van der Waals surface area contributed by atoms with Gasteiger partial charge >= 0.3 is 0 Å². The van der Waals surface area contributed by atoms with E-state index in [9.17, 15) is 0 Å². The van der Waals surface area contributed by atoms with Crippen LogP contribution in [0.4, 0.5) is 11.8 Å². The van der Waals surface area contributed by atoms with Gasteiger partial charge < -0.3 is 18.9 Å². The Labute approximate surface area is 191 Å². The smallest absolute Gasteiger partial charge is 0.265 e. The van der Waals surface area contributed by atoms with Gasteiger partial charge in [-0.2, -0.15) is 15.2 Å². The Morgan fingerprint density at radius 2 is 1.27 bits per heavy atom. The summed E-state index contributed by atoms with van der Waals surface area (Å²) in [6.45, 7) is 1.76. The minimum absolute atomic E-state index is 0.198. The van der Waals surface area contributed by atoms with E-state index in [1.165, 1.54) is 0 Å². The summed E-state index contributed by atoms with van der Waals surface area (Å²) in [4.78, 5) is 4.35. The average molecular weight is 451 g/mol. The van der Waals surface area contributed by atoms with Crippen molar-refractivity contribution in [2.24, 2.45) is 10.2 Å². The minimum Gasteiger partial charge on any atom is -0.497 e. The Hall–Kier alpha value is -4.41. The predicted molar refractivity (Wildman–Crippen MR) is 126 cm³/mol. The summed E-state index contributed by atoms with van der Waals surface area (Å²) in [5.74, 6) is 3.25. The molecule has 11 heteroatoms. The average Bonchev–Trinajstić information content (AvgIpc) is 2.85. The van der Waals surface area contributed by atoms with Crippen LogP contribution in [0.5, 0.6) is 23.0 Å². The molecule has 0 fully saturated rings. The van der Waals surface area contributed by atoms with Crippen molar-refractivity contribution in [1.82, 2.24) is 15.2 Å². The van der Waals surface area contributed by atoms with Crippen LogP contribution in [0.3, 0.4) is 0 Å². The molecule has 3 rings (SSSR count). The molecule has 33 heavy (non-hydrogen) atoms. The maximum atomic E-state index is 5.36. The molecule has 1 heterocycles. The van der Waals surface area contributed by atoms with Crippen LogP contribution >= 0.6 is 0 Å². The Morgan fingerprint density at radius 1 is 0.727 bits per heavy atom. The third-order valence-electron chi connectivity index (χ3n) is 4.48. The molecule has 0 bridgehead atoms. The number of methoxy groups -OCH3 is 4. The first kappa shape index (κ1) is 23.3. The first-order valence-corrected chi connectivity index (χ1v) is 9.81. The van der Waals surface area contributed by atoms with E-state index < -0.39 is 0 Å². The lowest BCUT2D eigenvalue weighted by atomic mass is 10.2. The molecule has 0 spiro atoms. The molecule has 2 aromatic carbocycles. The number of benzene rings is 2. The van der Waals surface area contributed by atoms with E-state index in [1.807, 2.05) is 24.3 Å². The van der Waals surface area contributed by atoms with Crippen molar-refractivity contribution in [3.8, 4) is 23.0 Å². The number of ether oxygens (including phenoxy) is 4. The molecular formula is C22H25N7O4. The highest BCUT2D eigenvalue weighted by Crippen LogP contribution is 2.24. The van der Waals surface area contributed by atoms with E-state index in [0.717, 1.165) is 11.1 Å². The standard InChI is InChI=1S/C22H25N7O4/c1-14-21(27-23-12-15-6-8-17(30-2)10-19(15)32-4)25-22(29-26-14)28-24-13-16-7-9-18(31-3)11-20(16)33-5/h6-13H,1-5H3,(H2,25,27,28,29)/b23-12+,24-13+. The first-order valence-electron chi connectivity index (χ1n) is 9.81. The van der Waals surface area contributed by atoms with E-state index >= 15 is 0 Å². The quantitative estimate of drug-likeness (QED) is 0.353. The van der Waals surface area contributed by atoms with Crippen LogP contribution in [0.1, 0.15) is 16.8 Å². The van der Waals surface area contributed by atoms with Crippen LogP contribution in [-0.2, 0) is 0 Å². The molecule has 172 valence electrons. The molecule has 3 aromatic rings. The van der Waals surface area contributed by atoms with Crippen molar-refractivity contribution in [2.45, 2.75) is 6.92 Å². The van der Waals surface area contributed by atoms with Gasteiger partial charge in [0, 0.05) is 23.3 Å². The van der Waals surface area contributed by atoms with Gasteiger partial charge in [0.1, 0.15) is 28.7 Å². The molecule has 0 aliphatic rings. The third-order valence-corrected chi connectivity index (χ3v) is 4.48. The molecule has 0 saturated carbocycles. The molecule has 11 nitrogen and oxygen atoms in total. The van der Waals surface area contributed by atoms with E-state index in [4.69, 9.17) is 18.9 Å². The van der Waals surface area contributed by atoms with Crippen molar-refractivity contribution in [2.75, 3.05) is 39.3 Å². The van der Waals surface area contributed by atoms with Crippen molar-refractivity contribution in [1.29, 1.82) is 0 Å². The van der Waals surface area contributed by atoms with Gasteiger partial charge in [0.15, 0.2) is 5.82 Å². The van der Waals surface area contributed by atoms with Gasteiger partial charge in [0.2, 0.25) is 0 Å². The zero-order chi connectivity index (χ0) is 23.6. The Bertz CT molecular complexity index is 1150. The van der Waals surface area contributed by atoms with E-state index in [2.05, 4.69) is 36.2 Å². The highest BCUT2D eigenvalue weighted by molar-refractivity contribution is 5.85. The first-order chi connectivity index (χ1) is 16.1. The van der Waals surface area contributed by atoms with Gasteiger partial charge in [0.25, 0.3) is 5.95 Å². The Morgan fingerprint density at radius 3 is 1.79 bits per heavy atom. The summed E-state index contributed by atoms with van der Waals surface area (Å²) in [6, 6.07) is 10.8. The molecule has 1 aromatic heterocycles. The lowest BCUT2D eigenvalue weighted by Crippen LogP contribution is -2.05. The van der Waals surface area contributed by atoms with Crippen molar-refractivity contribution in [3.63, 3.8) is 0 Å². The molecule has 0 amide bonds. The zero-order valence-electron chi connectivity index (χ0n) is 19.0. The maximum Gasteiger partial charge on any atom is 0.265 e. The summed E-state index contributed by atoms with van der Waals surface area (Å²) >= 11 is 0. The second kappa shape index (κ2) is 11.3. The minimum atomic E-state index is 0.198. The fraction of sp³-hybridized carbons (Fsp3) is 0.227. The molecule has 0 radical (unpaired) electrons. The maximum absolute atomic E-state index is 5.36. The number of aromatic nitrogens is 3. The topological polar surface area (TPSA) is 124 Å². The molecule has 0 unspecified atom stereocenters. The van der Waals surface area contributed by atoms with Gasteiger partial charge in [-0.3, -0.25) is 5.43 Å². The largest absolute Gasteiger partial charge is 0.497 e. The van der Waals surface area contributed by atoms with Gasteiger partial charge in [-0.1, -0.05) is 0 Å². The van der Waals surface area contributed by atoms with Gasteiger partial charge in [-0.25, -0.2) is 5.43 Å². The second-order valence-electron chi connectivity index (χ2n) is 6.53. The highest BCUT2D eigenvalue weighted by Gasteiger charge is 2.06. The zero-order valence-corrected chi connectivity index (χ0v) is 19.0. The summed E-state index contributed by atoms with van der Waals surface area (Å²) in [7, 11) is 6.34. The molecule has 2 N–H and O–H groups in total. The van der Waals surface area contributed by atoms with Crippen LogP contribution in [0.15, 0.2) is 46.6 Å². The van der Waals surface area contributed by atoms with E-state index in [0.29, 0.717) is 34.5 Å². The third kappa shape index (κ3) is 6.06. The fourth-order valence-electron chi connectivity index (χ4n) is 2.70. The van der Waals surface area contributed by atoms with Crippen LogP contribution in [0, 0.1) is 6.92 Å². The van der Waals surface area contributed by atoms with Gasteiger partial charge in [0.05, 0.1) is 40.9 Å². The molecular weight excluding hydrogens is 426 g/mol. The molecule has 0 aliphatic carbocycles. The monoisotopic (exact) mass is 451 g/mol. The van der Waals surface area contributed by atoms with Crippen molar-refractivity contribution >= 4 is 24.2 Å². The predicted octanol–water partition coefficient (Wildman–Crippen LogP) is 3.11. The van der Waals surface area contributed by atoms with Crippen molar-refractivity contribution < 1.29 is 18.9 Å². The van der Waals surface area contributed by atoms with Crippen LogP contribution in [0.2, 0.25) is 0 Å².